The molecule has 0 saturated heterocycles. The lowest BCUT2D eigenvalue weighted by Crippen LogP contribution is -2.49. The van der Waals surface area contributed by atoms with Crippen molar-refractivity contribution in [1.29, 1.82) is 0 Å². The highest BCUT2D eigenvalue weighted by molar-refractivity contribution is 7.09. The van der Waals surface area contributed by atoms with E-state index in [9.17, 15) is 0 Å². The van der Waals surface area contributed by atoms with Crippen LogP contribution in [0.15, 0.2) is 11.6 Å². The molecule has 1 atom stereocenters. The van der Waals surface area contributed by atoms with Crippen LogP contribution in [0.5, 0.6) is 0 Å². The van der Waals surface area contributed by atoms with Crippen LogP contribution in [0.2, 0.25) is 0 Å². The van der Waals surface area contributed by atoms with E-state index in [4.69, 9.17) is 10.5 Å². The first-order chi connectivity index (χ1) is 7.77. The summed E-state index contributed by atoms with van der Waals surface area (Å²) in [6.07, 6.45) is 7.38. The Labute approximate surface area is 101 Å². The molecule has 0 radical (unpaired) electrons. The molecule has 4 heteroatoms. The Morgan fingerprint density at radius 3 is 2.88 bits per heavy atom. The van der Waals surface area contributed by atoms with Gasteiger partial charge in [0.2, 0.25) is 0 Å². The zero-order valence-corrected chi connectivity index (χ0v) is 10.6. The van der Waals surface area contributed by atoms with Crippen molar-refractivity contribution in [3.8, 4) is 0 Å². The van der Waals surface area contributed by atoms with Crippen LogP contribution in [0.4, 0.5) is 0 Å². The summed E-state index contributed by atoms with van der Waals surface area (Å²) < 4.78 is 5.95. The van der Waals surface area contributed by atoms with Crippen LogP contribution in [0, 0.1) is 0 Å². The van der Waals surface area contributed by atoms with Gasteiger partial charge in [0, 0.05) is 30.6 Å². The van der Waals surface area contributed by atoms with E-state index >= 15 is 0 Å². The summed E-state index contributed by atoms with van der Waals surface area (Å²) in [6, 6.07) is 0.0844. The number of rotatable bonds is 5. The number of thiazole rings is 1. The second-order valence-corrected chi connectivity index (χ2v) is 5.42. The summed E-state index contributed by atoms with van der Waals surface area (Å²) in [7, 11) is 0. The summed E-state index contributed by atoms with van der Waals surface area (Å²) >= 11 is 1.68. The molecule has 1 fully saturated rings. The van der Waals surface area contributed by atoms with Crippen LogP contribution in [0.1, 0.15) is 37.6 Å². The Morgan fingerprint density at radius 2 is 2.31 bits per heavy atom. The molecular weight excluding hydrogens is 220 g/mol. The summed E-state index contributed by atoms with van der Waals surface area (Å²) in [5, 5.41) is 3.13. The van der Waals surface area contributed by atoms with Gasteiger partial charge in [-0.15, -0.1) is 11.3 Å². The van der Waals surface area contributed by atoms with Crippen molar-refractivity contribution in [2.75, 3.05) is 6.61 Å². The van der Waals surface area contributed by atoms with E-state index in [-0.39, 0.29) is 11.6 Å². The fourth-order valence-electron chi connectivity index (χ4n) is 2.61. The molecule has 3 nitrogen and oxygen atoms in total. The van der Waals surface area contributed by atoms with Crippen LogP contribution in [0.3, 0.4) is 0 Å². The lowest BCUT2D eigenvalue weighted by atomic mass is 9.90. The number of nitrogens with two attached hydrogens (primary N) is 1. The van der Waals surface area contributed by atoms with Crippen molar-refractivity contribution in [2.45, 2.75) is 50.7 Å². The predicted octanol–water partition coefficient (Wildman–Crippen LogP) is 2.36. The fraction of sp³-hybridized carbons (Fsp3) is 0.750. The van der Waals surface area contributed by atoms with Crippen molar-refractivity contribution in [3.63, 3.8) is 0 Å². The smallest absolute Gasteiger partial charge is 0.0941 e. The second kappa shape index (κ2) is 5.25. The van der Waals surface area contributed by atoms with Gasteiger partial charge < -0.3 is 10.5 Å². The zero-order valence-electron chi connectivity index (χ0n) is 9.82. The lowest BCUT2D eigenvalue weighted by molar-refractivity contribution is -0.0525. The van der Waals surface area contributed by atoms with E-state index in [1.807, 2.05) is 11.6 Å². The third-order valence-electron chi connectivity index (χ3n) is 3.44. The maximum absolute atomic E-state index is 6.33. The minimum absolute atomic E-state index is 0.0829. The molecule has 0 spiro atoms. The van der Waals surface area contributed by atoms with E-state index in [1.54, 1.807) is 11.3 Å². The van der Waals surface area contributed by atoms with Gasteiger partial charge in [0.15, 0.2) is 0 Å². The van der Waals surface area contributed by atoms with Crippen molar-refractivity contribution < 1.29 is 4.74 Å². The number of ether oxygens (including phenoxy) is 1. The predicted molar refractivity (Wildman–Crippen MR) is 66.6 cm³/mol. The van der Waals surface area contributed by atoms with E-state index < -0.39 is 0 Å². The second-order valence-electron chi connectivity index (χ2n) is 4.44. The maximum Gasteiger partial charge on any atom is 0.0941 e. The average Bonchev–Trinajstić information content (AvgIpc) is 2.89. The molecular formula is C12H20N2OS. The first-order valence-electron chi connectivity index (χ1n) is 6.05. The molecule has 0 aromatic carbocycles. The quantitative estimate of drug-likeness (QED) is 0.859. The lowest BCUT2D eigenvalue weighted by Gasteiger charge is -2.34. The molecule has 2 rings (SSSR count). The summed E-state index contributed by atoms with van der Waals surface area (Å²) in [5.41, 5.74) is 6.25. The van der Waals surface area contributed by atoms with Gasteiger partial charge in [0.1, 0.15) is 0 Å². The monoisotopic (exact) mass is 240 g/mol. The van der Waals surface area contributed by atoms with Crippen LogP contribution >= 0.6 is 11.3 Å². The molecule has 1 unspecified atom stereocenters. The highest BCUT2D eigenvalue weighted by Crippen LogP contribution is 2.36. The van der Waals surface area contributed by atoms with Crippen molar-refractivity contribution >= 4 is 11.3 Å². The number of hydrogen-bond acceptors (Lipinski definition) is 4. The Bertz CT molecular complexity index is 307. The molecule has 0 amide bonds. The Morgan fingerprint density at radius 1 is 1.56 bits per heavy atom. The summed E-state index contributed by atoms with van der Waals surface area (Å²) in [6.45, 7) is 2.81. The number of hydrogen-bond donors (Lipinski definition) is 1. The minimum atomic E-state index is -0.0829. The van der Waals surface area contributed by atoms with E-state index in [1.165, 1.54) is 12.8 Å². The molecule has 90 valence electrons. The molecule has 1 aliphatic rings. The van der Waals surface area contributed by atoms with Gasteiger partial charge in [0.05, 0.1) is 10.6 Å². The van der Waals surface area contributed by atoms with E-state index in [0.29, 0.717) is 0 Å². The van der Waals surface area contributed by atoms with Gasteiger partial charge in [-0.05, 0) is 19.8 Å². The maximum atomic E-state index is 6.33. The van der Waals surface area contributed by atoms with Crippen molar-refractivity contribution in [2.24, 2.45) is 5.73 Å². The fourth-order valence-corrected chi connectivity index (χ4v) is 3.29. The molecule has 0 aliphatic heterocycles. The van der Waals surface area contributed by atoms with Gasteiger partial charge >= 0.3 is 0 Å². The van der Waals surface area contributed by atoms with Gasteiger partial charge in [-0.3, -0.25) is 0 Å². The molecule has 16 heavy (non-hydrogen) atoms. The van der Waals surface area contributed by atoms with Gasteiger partial charge in [-0.25, -0.2) is 4.98 Å². The highest BCUT2D eigenvalue weighted by Gasteiger charge is 2.40. The Balaban J connectivity index is 2.02. The van der Waals surface area contributed by atoms with Crippen LogP contribution in [-0.2, 0) is 11.2 Å². The molecule has 1 saturated carbocycles. The average molecular weight is 240 g/mol. The number of aromatic nitrogens is 1. The first-order valence-corrected chi connectivity index (χ1v) is 6.93. The van der Waals surface area contributed by atoms with Gasteiger partial charge in [-0.1, -0.05) is 12.8 Å². The van der Waals surface area contributed by atoms with Crippen LogP contribution in [0.25, 0.3) is 0 Å². The Kier molecular flexibility index (Phi) is 3.95. The van der Waals surface area contributed by atoms with Crippen molar-refractivity contribution in [1.82, 2.24) is 4.98 Å². The molecule has 1 heterocycles. The third-order valence-corrected chi connectivity index (χ3v) is 4.24. The van der Waals surface area contributed by atoms with Gasteiger partial charge in [-0.2, -0.15) is 0 Å². The Hall–Kier alpha value is -0.450. The van der Waals surface area contributed by atoms with Crippen LogP contribution in [-0.4, -0.2) is 23.2 Å². The summed E-state index contributed by atoms with van der Waals surface area (Å²) in [4.78, 5) is 4.30. The summed E-state index contributed by atoms with van der Waals surface area (Å²) in [5.74, 6) is 0. The first kappa shape index (κ1) is 12.0. The largest absolute Gasteiger partial charge is 0.374 e. The number of nitrogens with zero attached hydrogens (tertiary/aromatic N) is 1. The normalized spacial score (nSPS) is 21.1. The third kappa shape index (κ3) is 2.44. The van der Waals surface area contributed by atoms with E-state index in [0.717, 1.165) is 30.9 Å². The zero-order chi connectivity index (χ0) is 11.4. The molecule has 1 aromatic heterocycles. The SMILES string of the molecule is CCOC1(C(N)Cc2nccs2)CCCC1. The van der Waals surface area contributed by atoms with E-state index in [2.05, 4.69) is 11.9 Å². The molecule has 2 N–H and O–H groups in total. The topological polar surface area (TPSA) is 48.1 Å². The van der Waals surface area contributed by atoms with Crippen molar-refractivity contribution in [3.05, 3.63) is 16.6 Å². The molecule has 0 bridgehead atoms. The standard InChI is InChI=1S/C12H20N2OS/c1-2-15-12(5-3-4-6-12)10(13)9-11-14-7-8-16-11/h7-8,10H,2-6,9,13H2,1H3. The minimum Gasteiger partial charge on any atom is -0.374 e. The highest BCUT2D eigenvalue weighted by atomic mass is 32.1. The molecule has 1 aromatic rings. The van der Waals surface area contributed by atoms with Gasteiger partial charge in [0.25, 0.3) is 0 Å². The van der Waals surface area contributed by atoms with Crippen LogP contribution < -0.4 is 5.73 Å². The molecule has 1 aliphatic carbocycles.